The first-order valence-corrected chi connectivity index (χ1v) is 10.4. The van der Waals surface area contributed by atoms with Crippen LogP contribution in [0.5, 0.6) is 11.5 Å². The lowest BCUT2D eigenvalue weighted by Gasteiger charge is -2.13. The monoisotopic (exact) mass is 424 g/mol. The third-order valence-electron chi connectivity index (χ3n) is 4.24. The van der Waals surface area contributed by atoms with Crippen molar-refractivity contribution in [2.45, 2.75) is 31.7 Å². The van der Waals surface area contributed by atoms with Gasteiger partial charge < -0.3 is 14.8 Å². The third-order valence-corrected chi connectivity index (χ3v) is 5.14. The van der Waals surface area contributed by atoms with Crippen LogP contribution in [-0.2, 0) is 10.5 Å². The fraction of sp³-hybridized carbons (Fsp3) is 0.273. The summed E-state index contributed by atoms with van der Waals surface area (Å²) in [4.78, 5) is 25.3. The Bertz CT molecular complexity index is 1040. The van der Waals surface area contributed by atoms with Crippen molar-refractivity contribution in [2.75, 3.05) is 19.0 Å². The topological polar surface area (TPSA) is 86.2 Å². The van der Waals surface area contributed by atoms with Gasteiger partial charge in [-0.3, -0.25) is 9.78 Å². The molecule has 3 aromatic rings. The van der Waals surface area contributed by atoms with E-state index in [0.29, 0.717) is 22.4 Å². The van der Waals surface area contributed by atoms with Crippen molar-refractivity contribution in [3.05, 3.63) is 65.2 Å². The quantitative estimate of drug-likeness (QED) is 0.430. The molecular formula is C22H24N4O3S. The lowest BCUT2D eigenvalue weighted by molar-refractivity contribution is -0.118. The Morgan fingerprint density at radius 3 is 2.67 bits per heavy atom. The van der Waals surface area contributed by atoms with Crippen molar-refractivity contribution in [3.8, 4) is 11.5 Å². The number of hydrogen-bond acceptors (Lipinski definition) is 7. The molecule has 0 bridgehead atoms. The lowest BCUT2D eigenvalue weighted by atomic mass is 10.1. The summed E-state index contributed by atoms with van der Waals surface area (Å²) in [5.74, 6) is 1.25. The van der Waals surface area contributed by atoms with Crippen LogP contribution in [0.2, 0.25) is 0 Å². The Balaban J connectivity index is 1.62. The van der Waals surface area contributed by atoms with E-state index in [1.165, 1.54) is 18.9 Å². The molecule has 30 heavy (non-hydrogen) atoms. The Labute approximate surface area is 180 Å². The second-order valence-corrected chi connectivity index (χ2v) is 7.69. The van der Waals surface area contributed by atoms with Crippen LogP contribution in [0.25, 0.3) is 0 Å². The maximum Gasteiger partial charge on any atom is 0.262 e. The molecule has 0 atom stereocenters. The summed E-state index contributed by atoms with van der Waals surface area (Å²) in [7, 11) is 1.54. The number of carbonyl (C=O) groups is 1. The highest BCUT2D eigenvalue weighted by atomic mass is 32.2. The Kier molecular flexibility index (Phi) is 7.24. The van der Waals surface area contributed by atoms with E-state index in [0.717, 1.165) is 28.2 Å². The molecule has 0 saturated carbocycles. The average Bonchev–Trinajstić information content (AvgIpc) is 2.73. The number of methoxy groups -OCH3 is 1. The summed E-state index contributed by atoms with van der Waals surface area (Å²) in [6.07, 6.45) is 3.32. The molecule has 1 N–H and O–H groups in total. The normalized spacial score (nSPS) is 10.5. The van der Waals surface area contributed by atoms with Crippen LogP contribution in [-0.4, -0.2) is 34.6 Å². The number of rotatable bonds is 8. The van der Waals surface area contributed by atoms with Crippen LogP contribution in [0.3, 0.4) is 0 Å². The molecule has 0 aliphatic rings. The van der Waals surface area contributed by atoms with E-state index in [-0.39, 0.29) is 12.5 Å². The second kappa shape index (κ2) is 10.1. The zero-order valence-corrected chi connectivity index (χ0v) is 18.2. The Hall–Kier alpha value is -3.13. The molecule has 0 aliphatic heterocycles. The van der Waals surface area contributed by atoms with Crippen LogP contribution in [0.15, 0.2) is 47.9 Å². The second-order valence-electron chi connectivity index (χ2n) is 6.75. The van der Waals surface area contributed by atoms with Crippen LogP contribution < -0.4 is 14.8 Å². The average molecular weight is 425 g/mol. The van der Waals surface area contributed by atoms with E-state index < -0.39 is 0 Å². The number of pyridine rings is 1. The van der Waals surface area contributed by atoms with Gasteiger partial charge in [0.25, 0.3) is 5.91 Å². The predicted molar refractivity (Wildman–Crippen MR) is 117 cm³/mol. The molecule has 1 amide bonds. The number of ether oxygens (including phenoxy) is 2. The third kappa shape index (κ3) is 5.93. The zero-order valence-electron chi connectivity index (χ0n) is 17.4. The van der Waals surface area contributed by atoms with Crippen LogP contribution in [0.1, 0.15) is 22.5 Å². The van der Waals surface area contributed by atoms with Gasteiger partial charge in [0.2, 0.25) is 0 Å². The highest BCUT2D eigenvalue weighted by Gasteiger charge is 2.12. The van der Waals surface area contributed by atoms with Crippen LogP contribution >= 0.6 is 11.8 Å². The molecular weight excluding hydrogens is 400 g/mol. The van der Waals surface area contributed by atoms with Crippen LogP contribution in [0, 0.1) is 20.8 Å². The number of anilines is 1. The number of hydrogen-bond donors (Lipinski definition) is 1. The van der Waals surface area contributed by atoms with Crippen molar-refractivity contribution in [1.82, 2.24) is 15.0 Å². The smallest absolute Gasteiger partial charge is 0.262 e. The number of aromatic nitrogens is 3. The summed E-state index contributed by atoms with van der Waals surface area (Å²) < 4.78 is 11.0. The van der Waals surface area contributed by atoms with Gasteiger partial charge >= 0.3 is 0 Å². The van der Waals surface area contributed by atoms with Gasteiger partial charge in [-0.1, -0.05) is 29.5 Å². The van der Waals surface area contributed by atoms with Crippen LogP contribution in [0.4, 0.5) is 5.69 Å². The molecule has 7 nitrogen and oxygen atoms in total. The number of benzene rings is 1. The fourth-order valence-electron chi connectivity index (χ4n) is 2.73. The molecule has 0 fully saturated rings. The lowest BCUT2D eigenvalue weighted by Crippen LogP contribution is -2.21. The van der Waals surface area contributed by atoms with E-state index in [4.69, 9.17) is 9.47 Å². The minimum atomic E-state index is -0.245. The van der Waals surface area contributed by atoms with Crippen molar-refractivity contribution >= 4 is 23.4 Å². The number of aryl methyl sites for hydroxylation is 3. The molecule has 0 spiro atoms. The van der Waals surface area contributed by atoms with Crippen molar-refractivity contribution in [3.63, 3.8) is 0 Å². The molecule has 1 aromatic carbocycles. The SMILES string of the molecule is COc1cnc(CSc2nccc(C)n2)cc1OCC(=O)Nc1ccc(C)cc1C. The first-order chi connectivity index (χ1) is 14.4. The minimum absolute atomic E-state index is 0.138. The van der Waals surface area contributed by atoms with E-state index in [9.17, 15) is 4.79 Å². The number of nitrogens with zero attached hydrogens (tertiary/aromatic N) is 3. The predicted octanol–water partition coefficient (Wildman–Crippen LogP) is 4.12. The number of carbonyl (C=O) groups excluding carboxylic acids is 1. The van der Waals surface area contributed by atoms with E-state index in [2.05, 4.69) is 20.3 Å². The number of nitrogens with one attached hydrogen (secondary N) is 1. The Morgan fingerprint density at radius 1 is 1.10 bits per heavy atom. The molecule has 2 heterocycles. The van der Waals surface area contributed by atoms with Gasteiger partial charge in [-0.05, 0) is 38.5 Å². The maximum absolute atomic E-state index is 12.3. The van der Waals surface area contributed by atoms with E-state index in [1.54, 1.807) is 18.5 Å². The van der Waals surface area contributed by atoms with Gasteiger partial charge in [0.1, 0.15) is 0 Å². The summed E-state index contributed by atoms with van der Waals surface area (Å²) in [5, 5.41) is 3.55. The standard InChI is InChI=1S/C22H24N4O3S/c1-14-5-6-18(15(2)9-14)26-21(27)12-29-19-10-17(24-11-20(19)28-4)13-30-22-23-8-7-16(3)25-22/h5-11H,12-13H2,1-4H3,(H,26,27). The van der Waals surface area contributed by atoms with Gasteiger partial charge in [0.15, 0.2) is 23.3 Å². The minimum Gasteiger partial charge on any atom is -0.491 e. The van der Waals surface area contributed by atoms with Crippen molar-refractivity contribution in [2.24, 2.45) is 0 Å². The zero-order chi connectivity index (χ0) is 21.5. The molecule has 0 saturated heterocycles. The first-order valence-electron chi connectivity index (χ1n) is 9.40. The van der Waals surface area contributed by atoms with Gasteiger partial charge in [0.05, 0.1) is 19.0 Å². The Morgan fingerprint density at radius 2 is 1.93 bits per heavy atom. The largest absolute Gasteiger partial charge is 0.491 e. The summed E-state index contributed by atoms with van der Waals surface area (Å²) in [5.41, 5.74) is 4.60. The van der Waals surface area contributed by atoms with E-state index >= 15 is 0 Å². The van der Waals surface area contributed by atoms with Gasteiger partial charge in [-0.15, -0.1) is 0 Å². The maximum atomic E-state index is 12.3. The first kappa shape index (κ1) is 21.6. The highest BCUT2D eigenvalue weighted by Crippen LogP contribution is 2.29. The van der Waals surface area contributed by atoms with Gasteiger partial charge in [0, 0.05) is 29.4 Å². The van der Waals surface area contributed by atoms with Crippen molar-refractivity contribution < 1.29 is 14.3 Å². The summed E-state index contributed by atoms with van der Waals surface area (Å²) in [6, 6.07) is 9.48. The highest BCUT2D eigenvalue weighted by molar-refractivity contribution is 7.98. The molecule has 0 aliphatic carbocycles. The number of amides is 1. The van der Waals surface area contributed by atoms with Crippen molar-refractivity contribution in [1.29, 1.82) is 0 Å². The molecule has 8 heteroatoms. The molecule has 156 valence electrons. The summed E-state index contributed by atoms with van der Waals surface area (Å²) in [6.45, 7) is 5.75. The van der Waals surface area contributed by atoms with Gasteiger partial charge in [-0.25, -0.2) is 9.97 Å². The van der Waals surface area contributed by atoms with E-state index in [1.807, 2.05) is 45.0 Å². The fourth-order valence-corrected chi connectivity index (χ4v) is 3.51. The number of thioether (sulfide) groups is 1. The molecule has 0 unspecified atom stereocenters. The summed E-state index contributed by atoms with van der Waals surface area (Å²) >= 11 is 1.48. The molecule has 2 aromatic heterocycles. The van der Waals surface area contributed by atoms with Gasteiger partial charge in [-0.2, -0.15) is 0 Å². The molecule has 0 radical (unpaired) electrons. The molecule has 3 rings (SSSR count).